The van der Waals surface area contributed by atoms with Crippen molar-refractivity contribution in [1.82, 2.24) is 4.90 Å². The highest BCUT2D eigenvalue weighted by molar-refractivity contribution is 5.95. The SMILES string of the molecule is Cc1cccc(C(=O)N(C2CCC(CCO)CC2)C2CC2)c1F. The number of rotatable bonds is 5. The number of aliphatic hydroxyl groups excluding tert-OH is 1. The highest BCUT2D eigenvalue weighted by Gasteiger charge is 2.39. The Morgan fingerprint density at radius 1 is 1.17 bits per heavy atom. The number of halogens is 1. The molecule has 1 aromatic rings. The third-order valence-electron chi connectivity index (χ3n) is 5.34. The maximum Gasteiger partial charge on any atom is 0.257 e. The van der Waals surface area contributed by atoms with E-state index in [0.29, 0.717) is 17.5 Å². The number of hydrogen-bond acceptors (Lipinski definition) is 2. The van der Waals surface area contributed by atoms with Gasteiger partial charge in [0.15, 0.2) is 0 Å². The molecule has 2 fully saturated rings. The molecule has 3 nitrogen and oxygen atoms in total. The fourth-order valence-corrected chi connectivity index (χ4v) is 3.83. The lowest BCUT2D eigenvalue weighted by molar-refractivity contribution is 0.0573. The van der Waals surface area contributed by atoms with Gasteiger partial charge in [0.2, 0.25) is 0 Å². The third kappa shape index (κ3) is 3.57. The van der Waals surface area contributed by atoms with Crippen LogP contribution in [0.4, 0.5) is 4.39 Å². The molecule has 126 valence electrons. The molecule has 0 radical (unpaired) electrons. The number of aliphatic hydroxyl groups is 1. The Labute approximate surface area is 137 Å². The van der Waals surface area contributed by atoms with Crippen molar-refractivity contribution in [2.75, 3.05) is 6.61 Å². The minimum absolute atomic E-state index is 0.140. The molecule has 2 aliphatic carbocycles. The molecule has 2 aliphatic rings. The lowest BCUT2D eigenvalue weighted by atomic mass is 9.83. The molecule has 23 heavy (non-hydrogen) atoms. The van der Waals surface area contributed by atoms with Gasteiger partial charge in [-0.15, -0.1) is 0 Å². The summed E-state index contributed by atoms with van der Waals surface area (Å²) in [6.45, 7) is 1.95. The second-order valence-corrected chi connectivity index (χ2v) is 7.07. The van der Waals surface area contributed by atoms with Crippen molar-refractivity contribution in [1.29, 1.82) is 0 Å². The van der Waals surface area contributed by atoms with Gasteiger partial charge in [-0.25, -0.2) is 4.39 Å². The van der Waals surface area contributed by atoms with Crippen LogP contribution in [0.25, 0.3) is 0 Å². The lowest BCUT2D eigenvalue weighted by Crippen LogP contribution is -2.44. The molecule has 0 bridgehead atoms. The quantitative estimate of drug-likeness (QED) is 0.899. The summed E-state index contributed by atoms with van der Waals surface area (Å²) in [5.74, 6) is 0.0551. The van der Waals surface area contributed by atoms with E-state index in [4.69, 9.17) is 5.11 Å². The normalized spacial score (nSPS) is 24.5. The van der Waals surface area contributed by atoms with Crippen LogP contribution in [0.15, 0.2) is 18.2 Å². The van der Waals surface area contributed by atoms with E-state index in [0.717, 1.165) is 44.9 Å². The first-order valence-corrected chi connectivity index (χ1v) is 8.80. The summed E-state index contributed by atoms with van der Waals surface area (Å²) in [6.07, 6.45) is 6.98. The lowest BCUT2D eigenvalue weighted by Gasteiger charge is -2.37. The summed E-state index contributed by atoms with van der Waals surface area (Å²) >= 11 is 0. The van der Waals surface area contributed by atoms with E-state index in [2.05, 4.69) is 0 Å². The van der Waals surface area contributed by atoms with Crippen molar-refractivity contribution in [2.24, 2.45) is 5.92 Å². The topological polar surface area (TPSA) is 40.5 Å². The summed E-state index contributed by atoms with van der Waals surface area (Å²) in [5.41, 5.74) is 0.743. The Balaban J connectivity index is 1.75. The number of benzene rings is 1. The van der Waals surface area contributed by atoms with Gasteiger partial charge in [-0.1, -0.05) is 12.1 Å². The van der Waals surface area contributed by atoms with Crippen LogP contribution >= 0.6 is 0 Å². The maximum absolute atomic E-state index is 14.4. The zero-order chi connectivity index (χ0) is 16.4. The van der Waals surface area contributed by atoms with Crippen LogP contribution in [0, 0.1) is 18.7 Å². The molecule has 1 aromatic carbocycles. The Bertz CT molecular complexity index is 562. The molecule has 3 rings (SSSR count). The Morgan fingerprint density at radius 2 is 1.78 bits per heavy atom. The van der Waals surface area contributed by atoms with Gasteiger partial charge in [-0.05, 0) is 69.4 Å². The molecule has 0 atom stereocenters. The molecular weight excluding hydrogens is 293 g/mol. The van der Waals surface area contributed by atoms with Gasteiger partial charge in [0.05, 0.1) is 5.56 Å². The van der Waals surface area contributed by atoms with Gasteiger partial charge in [0.1, 0.15) is 5.82 Å². The highest BCUT2D eigenvalue weighted by atomic mass is 19.1. The average Bonchev–Trinajstić information content (AvgIpc) is 3.37. The van der Waals surface area contributed by atoms with E-state index in [9.17, 15) is 9.18 Å². The first-order chi connectivity index (χ1) is 11.1. The van der Waals surface area contributed by atoms with Crippen LogP contribution in [0.5, 0.6) is 0 Å². The zero-order valence-electron chi connectivity index (χ0n) is 13.8. The number of amides is 1. The fraction of sp³-hybridized carbons (Fsp3) is 0.632. The molecule has 0 saturated heterocycles. The van der Waals surface area contributed by atoms with Crippen molar-refractivity contribution in [2.45, 2.75) is 64.0 Å². The van der Waals surface area contributed by atoms with Crippen LogP contribution in [0.2, 0.25) is 0 Å². The zero-order valence-corrected chi connectivity index (χ0v) is 13.8. The van der Waals surface area contributed by atoms with Crippen LogP contribution in [0.3, 0.4) is 0 Å². The molecule has 1 N–H and O–H groups in total. The van der Waals surface area contributed by atoms with E-state index < -0.39 is 0 Å². The number of nitrogens with zero attached hydrogens (tertiary/aromatic N) is 1. The van der Waals surface area contributed by atoms with Crippen LogP contribution in [0.1, 0.15) is 60.9 Å². The van der Waals surface area contributed by atoms with Crippen molar-refractivity contribution >= 4 is 5.91 Å². The van der Waals surface area contributed by atoms with Crippen molar-refractivity contribution < 1.29 is 14.3 Å². The molecule has 1 amide bonds. The first-order valence-electron chi connectivity index (χ1n) is 8.80. The standard InChI is InChI=1S/C19H26FNO2/c1-13-3-2-4-17(18(13)20)19(23)21(16-9-10-16)15-7-5-14(6-8-15)11-12-22/h2-4,14-16,22H,5-12H2,1H3. The first kappa shape index (κ1) is 16.4. The molecule has 0 spiro atoms. The van der Waals surface area contributed by atoms with E-state index in [1.165, 1.54) is 0 Å². The molecular formula is C19H26FNO2. The van der Waals surface area contributed by atoms with Gasteiger partial charge in [-0.2, -0.15) is 0 Å². The minimum atomic E-state index is -0.378. The maximum atomic E-state index is 14.4. The molecule has 0 aliphatic heterocycles. The third-order valence-corrected chi connectivity index (χ3v) is 5.34. The number of carbonyl (C=O) groups is 1. The van der Waals surface area contributed by atoms with Crippen molar-refractivity contribution in [3.8, 4) is 0 Å². The molecule has 2 saturated carbocycles. The highest BCUT2D eigenvalue weighted by Crippen LogP contribution is 2.37. The predicted molar refractivity (Wildman–Crippen MR) is 87.8 cm³/mol. The predicted octanol–water partition coefficient (Wildman–Crippen LogP) is 3.68. The summed E-state index contributed by atoms with van der Waals surface area (Å²) < 4.78 is 14.4. The van der Waals surface area contributed by atoms with Gasteiger partial charge >= 0.3 is 0 Å². The summed E-state index contributed by atoms with van der Waals surface area (Å²) in [5, 5.41) is 9.08. The van der Waals surface area contributed by atoms with Crippen LogP contribution in [-0.2, 0) is 0 Å². The fourth-order valence-electron chi connectivity index (χ4n) is 3.83. The average molecular weight is 319 g/mol. The van der Waals surface area contributed by atoms with Gasteiger partial charge in [-0.3, -0.25) is 4.79 Å². The summed E-state index contributed by atoms with van der Waals surface area (Å²) in [7, 11) is 0. The van der Waals surface area contributed by atoms with Crippen molar-refractivity contribution in [3.63, 3.8) is 0 Å². The van der Waals surface area contributed by atoms with Gasteiger partial charge in [0, 0.05) is 18.7 Å². The largest absolute Gasteiger partial charge is 0.396 e. The number of hydrogen-bond donors (Lipinski definition) is 1. The van der Waals surface area contributed by atoms with Crippen molar-refractivity contribution in [3.05, 3.63) is 35.1 Å². The molecule has 0 heterocycles. The molecule has 0 aromatic heterocycles. The Kier molecular flexibility index (Phi) is 5.00. The Morgan fingerprint density at radius 3 is 2.35 bits per heavy atom. The van der Waals surface area contributed by atoms with Gasteiger partial charge in [0.25, 0.3) is 5.91 Å². The van der Waals surface area contributed by atoms with Crippen LogP contribution in [-0.4, -0.2) is 34.6 Å². The van der Waals surface area contributed by atoms with E-state index >= 15 is 0 Å². The smallest absolute Gasteiger partial charge is 0.257 e. The van der Waals surface area contributed by atoms with E-state index in [1.807, 2.05) is 4.90 Å². The van der Waals surface area contributed by atoms with E-state index in [1.54, 1.807) is 25.1 Å². The summed E-state index contributed by atoms with van der Waals surface area (Å²) in [6, 6.07) is 5.59. The summed E-state index contributed by atoms with van der Waals surface area (Å²) in [4.78, 5) is 14.9. The van der Waals surface area contributed by atoms with E-state index in [-0.39, 0.29) is 29.9 Å². The molecule has 4 heteroatoms. The number of carbonyl (C=O) groups excluding carboxylic acids is 1. The van der Waals surface area contributed by atoms with Crippen LogP contribution < -0.4 is 0 Å². The number of aryl methyl sites for hydroxylation is 1. The molecule has 0 unspecified atom stereocenters. The minimum Gasteiger partial charge on any atom is -0.396 e. The second-order valence-electron chi connectivity index (χ2n) is 7.07. The monoisotopic (exact) mass is 319 g/mol. The van der Waals surface area contributed by atoms with Gasteiger partial charge < -0.3 is 10.0 Å². The Hall–Kier alpha value is -1.42. The second kappa shape index (κ2) is 7.00.